The number of aromatic nitrogens is 1. The zero-order valence-electron chi connectivity index (χ0n) is 12.5. The minimum absolute atomic E-state index is 0.0555. The maximum absolute atomic E-state index is 13.1. The normalized spacial score (nSPS) is 18.5. The van der Waals surface area contributed by atoms with Crippen LogP contribution in [0.4, 0.5) is 8.78 Å². The lowest BCUT2D eigenvalue weighted by molar-refractivity contribution is 0.0953. The highest BCUT2D eigenvalue weighted by Crippen LogP contribution is 2.49. The molecule has 0 saturated heterocycles. The summed E-state index contributed by atoms with van der Waals surface area (Å²) in [6.45, 7) is 0.0555. The van der Waals surface area contributed by atoms with E-state index < -0.39 is 11.8 Å². The predicted molar refractivity (Wildman–Crippen MR) is 89.3 cm³/mol. The molecule has 120 valence electrons. The van der Waals surface area contributed by atoms with Crippen molar-refractivity contribution in [3.63, 3.8) is 0 Å². The molecule has 0 spiro atoms. The van der Waals surface area contributed by atoms with E-state index in [1.165, 1.54) is 4.57 Å². The predicted octanol–water partition coefficient (Wildman–Crippen LogP) is 4.26. The molecule has 0 N–H and O–H groups in total. The van der Waals surface area contributed by atoms with E-state index in [4.69, 9.17) is 0 Å². The molecule has 4 rings (SSSR count). The van der Waals surface area contributed by atoms with Crippen LogP contribution in [-0.2, 0) is 6.54 Å². The Kier molecular flexibility index (Phi) is 3.29. The highest BCUT2D eigenvalue weighted by atomic mass is 32.1. The highest BCUT2D eigenvalue weighted by Gasteiger charge is 2.56. The van der Waals surface area contributed by atoms with Gasteiger partial charge in [0.1, 0.15) is 0 Å². The highest BCUT2D eigenvalue weighted by molar-refractivity contribution is 7.16. The number of benzene rings is 2. The number of alkyl halides is 2. The summed E-state index contributed by atoms with van der Waals surface area (Å²) in [5.41, 5.74) is 2.86. The first-order valence-electron chi connectivity index (χ1n) is 7.50. The third kappa shape index (κ3) is 2.42. The van der Waals surface area contributed by atoms with Gasteiger partial charge in [-0.2, -0.15) is 5.26 Å². The zero-order chi connectivity index (χ0) is 16.9. The van der Waals surface area contributed by atoms with Crippen molar-refractivity contribution in [2.24, 2.45) is 5.92 Å². The standard InChI is InChI=1S/C18H12F2N2OS/c19-18(20)8-13(18)10-22-15-6-5-11(7-16(15)24-17(22)23)14-4-2-1-3-12(14)9-21/h1-7,13H,8,10H2. The van der Waals surface area contributed by atoms with E-state index in [0.717, 1.165) is 27.2 Å². The van der Waals surface area contributed by atoms with Gasteiger partial charge in [-0.1, -0.05) is 35.6 Å². The van der Waals surface area contributed by atoms with E-state index in [-0.39, 0.29) is 17.8 Å². The fourth-order valence-electron chi connectivity index (χ4n) is 2.93. The van der Waals surface area contributed by atoms with Crippen LogP contribution >= 0.6 is 11.3 Å². The fraction of sp³-hybridized carbons (Fsp3) is 0.222. The molecule has 1 atom stereocenters. The molecule has 24 heavy (non-hydrogen) atoms. The number of thiazole rings is 1. The van der Waals surface area contributed by atoms with Crippen LogP contribution in [0.25, 0.3) is 21.3 Å². The summed E-state index contributed by atoms with van der Waals surface area (Å²) in [6.07, 6.45) is -0.148. The molecule has 3 nitrogen and oxygen atoms in total. The first-order chi connectivity index (χ1) is 11.5. The number of fused-ring (bicyclic) bond motifs is 1. The van der Waals surface area contributed by atoms with Crippen molar-refractivity contribution >= 4 is 21.6 Å². The molecular weight excluding hydrogens is 330 g/mol. The topological polar surface area (TPSA) is 45.8 Å². The van der Waals surface area contributed by atoms with Crippen LogP contribution in [0.1, 0.15) is 12.0 Å². The maximum Gasteiger partial charge on any atom is 0.308 e. The zero-order valence-corrected chi connectivity index (χ0v) is 13.3. The molecule has 1 unspecified atom stereocenters. The first-order valence-corrected chi connectivity index (χ1v) is 8.32. The van der Waals surface area contributed by atoms with Gasteiger partial charge >= 0.3 is 4.87 Å². The summed E-state index contributed by atoms with van der Waals surface area (Å²) in [5, 5.41) is 9.22. The molecule has 1 aliphatic carbocycles. The minimum atomic E-state index is -2.64. The number of nitrogens with zero attached hydrogens (tertiary/aromatic N) is 2. The monoisotopic (exact) mass is 342 g/mol. The van der Waals surface area contributed by atoms with Crippen LogP contribution in [0, 0.1) is 17.2 Å². The Bertz CT molecular complexity index is 1050. The molecule has 1 heterocycles. The van der Waals surface area contributed by atoms with Crippen LogP contribution in [0.3, 0.4) is 0 Å². The van der Waals surface area contributed by atoms with Gasteiger partial charge in [-0.05, 0) is 29.3 Å². The Morgan fingerprint density at radius 2 is 2.04 bits per heavy atom. The molecule has 1 aliphatic rings. The lowest BCUT2D eigenvalue weighted by Gasteiger charge is -2.06. The Balaban J connectivity index is 1.78. The SMILES string of the molecule is N#Cc1ccccc1-c1ccc2c(c1)sc(=O)n2CC1CC1(F)F. The molecule has 0 aliphatic heterocycles. The van der Waals surface area contributed by atoms with E-state index in [2.05, 4.69) is 6.07 Å². The van der Waals surface area contributed by atoms with Gasteiger partial charge in [0.15, 0.2) is 0 Å². The summed E-state index contributed by atoms with van der Waals surface area (Å²) in [5.74, 6) is -3.38. The Morgan fingerprint density at radius 3 is 2.75 bits per heavy atom. The number of hydrogen-bond acceptors (Lipinski definition) is 3. The van der Waals surface area contributed by atoms with Crippen molar-refractivity contribution in [3.8, 4) is 17.2 Å². The molecule has 0 bridgehead atoms. The molecule has 0 amide bonds. The summed E-state index contributed by atoms with van der Waals surface area (Å²) < 4.78 is 28.5. The number of hydrogen-bond donors (Lipinski definition) is 0. The molecule has 3 aromatic rings. The molecule has 1 aromatic heterocycles. The second-order valence-electron chi connectivity index (χ2n) is 5.98. The summed E-state index contributed by atoms with van der Waals surface area (Å²) in [7, 11) is 0. The van der Waals surface area contributed by atoms with Gasteiger partial charge in [0.2, 0.25) is 0 Å². The van der Waals surface area contributed by atoms with Gasteiger partial charge in [0.25, 0.3) is 5.92 Å². The smallest absolute Gasteiger partial charge is 0.298 e. The lowest BCUT2D eigenvalue weighted by atomic mass is 10.0. The number of halogens is 2. The summed E-state index contributed by atoms with van der Waals surface area (Å²) >= 11 is 1.05. The number of rotatable bonds is 3. The van der Waals surface area contributed by atoms with Crippen molar-refractivity contribution in [3.05, 3.63) is 57.7 Å². The Morgan fingerprint density at radius 1 is 1.29 bits per heavy atom. The van der Waals surface area contributed by atoms with E-state index in [9.17, 15) is 18.8 Å². The van der Waals surface area contributed by atoms with Crippen molar-refractivity contribution in [2.45, 2.75) is 18.9 Å². The van der Waals surface area contributed by atoms with Crippen molar-refractivity contribution < 1.29 is 8.78 Å². The van der Waals surface area contributed by atoms with Crippen molar-refractivity contribution in [2.75, 3.05) is 0 Å². The second-order valence-corrected chi connectivity index (χ2v) is 6.97. The van der Waals surface area contributed by atoms with Crippen LogP contribution in [0.15, 0.2) is 47.3 Å². The third-order valence-electron chi connectivity index (χ3n) is 4.39. The van der Waals surface area contributed by atoms with E-state index in [1.54, 1.807) is 18.2 Å². The molecule has 0 radical (unpaired) electrons. The molecular formula is C18H12F2N2OS. The first kappa shape index (κ1) is 15.0. The largest absolute Gasteiger partial charge is 0.308 e. The van der Waals surface area contributed by atoms with Crippen LogP contribution in [-0.4, -0.2) is 10.5 Å². The average molecular weight is 342 g/mol. The van der Waals surface area contributed by atoms with Gasteiger partial charge in [-0.15, -0.1) is 0 Å². The van der Waals surface area contributed by atoms with Gasteiger partial charge in [0.05, 0.1) is 21.8 Å². The molecule has 2 aromatic carbocycles. The lowest BCUT2D eigenvalue weighted by Crippen LogP contribution is -2.15. The molecule has 1 fully saturated rings. The van der Waals surface area contributed by atoms with Gasteiger partial charge in [0, 0.05) is 18.9 Å². The van der Waals surface area contributed by atoms with Crippen molar-refractivity contribution in [1.29, 1.82) is 5.26 Å². The van der Waals surface area contributed by atoms with Crippen molar-refractivity contribution in [1.82, 2.24) is 4.57 Å². The number of nitriles is 1. The minimum Gasteiger partial charge on any atom is -0.298 e. The van der Waals surface area contributed by atoms with Gasteiger partial charge in [-0.25, -0.2) is 8.78 Å². The van der Waals surface area contributed by atoms with Gasteiger partial charge in [-0.3, -0.25) is 9.36 Å². The van der Waals surface area contributed by atoms with Crippen LogP contribution in [0.2, 0.25) is 0 Å². The maximum atomic E-state index is 13.1. The fourth-order valence-corrected chi connectivity index (χ4v) is 3.87. The van der Waals surface area contributed by atoms with Crippen LogP contribution < -0.4 is 4.87 Å². The summed E-state index contributed by atoms with van der Waals surface area (Å²) in [4.78, 5) is 11.9. The summed E-state index contributed by atoms with van der Waals surface area (Å²) in [6, 6.07) is 14.8. The molecule has 6 heteroatoms. The van der Waals surface area contributed by atoms with Crippen LogP contribution in [0.5, 0.6) is 0 Å². The quantitative estimate of drug-likeness (QED) is 0.714. The Labute approximate surface area is 140 Å². The van der Waals surface area contributed by atoms with Gasteiger partial charge < -0.3 is 0 Å². The van der Waals surface area contributed by atoms with E-state index >= 15 is 0 Å². The third-order valence-corrected chi connectivity index (χ3v) is 5.33. The Hall–Kier alpha value is -2.52. The average Bonchev–Trinajstić information content (AvgIpc) is 3.06. The van der Waals surface area contributed by atoms with E-state index in [0.29, 0.717) is 11.1 Å². The second kappa shape index (κ2) is 5.25. The van der Waals surface area contributed by atoms with E-state index in [1.807, 2.05) is 24.3 Å². The molecule has 1 saturated carbocycles.